The third kappa shape index (κ3) is 3.77. The van der Waals surface area contributed by atoms with Crippen molar-refractivity contribution in [2.75, 3.05) is 31.3 Å². The molecule has 0 spiro atoms. The predicted molar refractivity (Wildman–Crippen MR) is 75.6 cm³/mol. The highest BCUT2D eigenvalue weighted by molar-refractivity contribution is 5.53. The number of methoxy groups -OCH3 is 1. The van der Waals surface area contributed by atoms with E-state index in [1.807, 2.05) is 30.3 Å². The first-order valence-electron chi connectivity index (χ1n) is 6.02. The van der Waals surface area contributed by atoms with Crippen molar-refractivity contribution >= 4 is 11.5 Å². The van der Waals surface area contributed by atoms with Gasteiger partial charge in [-0.3, -0.25) is 0 Å². The molecule has 0 saturated carbocycles. The van der Waals surface area contributed by atoms with E-state index in [-0.39, 0.29) is 0 Å². The summed E-state index contributed by atoms with van der Waals surface area (Å²) in [5, 5.41) is 3.15. The van der Waals surface area contributed by atoms with Gasteiger partial charge in [0.05, 0.1) is 19.3 Å². The van der Waals surface area contributed by atoms with Crippen LogP contribution in [0.15, 0.2) is 42.5 Å². The lowest BCUT2D eigenvalue weighted by Crippen LogP contribution is -2.12. The zero-order valence-electron chi connectivity index (χ0n) is 10.8. The lowest BCUT2D eigenvalue weighted by atomic mass is 10.3. The van der Waals surface area contributed by atoms with Crippen molar-refractivity contribution in [3.8, 4) is 11.6 Å². The third-order valence-electron chi connectivity index (χ3n) is 2.50. The second-order valence-electron chi connectivity index (χ2n) is 3.88. The van der Waals surface area contributed by atoms with E-state index in [9.17, 15) is 0 Å². The van der Waals surface area contributed by atoms with Gasteiger partial charge in [0.1, 0.15) is 18.2 Å². The molecule has 0 aliphatic carbocycles. The van der Waals surface area contributed by atoms with E-state index in [1.165, 1.54) is 0 Å². The summed E-state index contributed by atoms with van der Waals surface area (Å²) in [6, 6.07) is 13.2. The Balaban J connectivity index is 1.80. The summed E-state index contributed by atoms with van der Waals surface area (Å²) in [6.45, 7) is 1.20. The molecule has 2 rings (SSSR count). The molecule has 2 aromatic rings. The number of rotatable bonds is 6. The largest absolute Gasteiger partial charge is 0.492 e. The molecule has 3 N–H and O–H groups in total. The van der Waals surface area contributed by atoms with Gasteiger partial charge in [-0.05, 0) is 24.3 Å². The maximum absolute atomic E-state index is 5.69. The topological polar surface area (TPSA) is 69.4 Å². The Kier molecular flexibility index (Phi) is 4.44. The Morgan fingerprint density at radius 2 is 1.95 bits per heavy atom. The van der Waals surface area contributed by atoms with E-state index in [2.05, 4.69) is 10.3 Å². The first-order chi connectivity index (χ1) is 9.29. The highest BCUT2D eigenvalue weighted by atomic mass is 16.5. The monoisotopic (exact) mass is 259 g/mol. The van der Waals surface area contributed by atoms with E-state index in [4.69, 9.17) is 15.2 Å². The second-order valence-corrected chi connectivity index (χ2v) is 3.88. The Bertz CT molecular complexity index is 517. The minimum Gasteiger partial charge on any atom is -0.492 e. The standard InChI is InChI=1S/C14H17N3O2/c1-18-14-12(15)7-8-13(17-14)16-9-10-19-11-5-3-2-4-6-11/h2-8H,9-10,15H2,1H3,(H,16,17). The molecule has 19 heavy (non-hydrogen) atoms. The molecule has 0 bridgehead atoms. The number of anilines is 2. The Labute approximate surface area is 112 Å². The van der Waals surface area contributed by atoms with E-state index < -0.39 is 0 Å². The van der Waals surface area contributed by atoms with Gasteiger partial charge in [-0.1, -0.05) is 18.2 Å². The van der Waals surface area contributed by atoms with Gasteiger partial charge in [0.25, 0.3) is 0 Å². The molecule has 1 heterocycles. The number of aromatic nitrogens is 1. The number of nitrogen functional groups attached to an aromatic ring is 1. The minimum atomic E-state index is 0.425. The van der Waals surface area contributed by atoms with Crippen molar-refractivity contribution in [3.05, 3.63) is 42.5 Å². The van der Waals surface area contributed by atoms with Crippen LogP contribution in [-0.2, 0) is 0 Å². The van der Waals surface area contributed by atoms with E-state index in [0.717, 1.165) is 5.75 Å². The molecule has 0 unspecified atom stereocenters. The number of benzene rings is 1. The SMILES string of the molecule is COc1nc(NCCOc2ccccc2)ccc1N. The Hall–Kier alpha value is -2.43. The predicted octanol–water partition coefficient (Wildman–Crippen LogP) is 2.16. The molecule has 0 fully saturated rings. The average molecular weight is 259 g/mol. The smallest absolute Gasteiger partial charge is 0.238 e. The molecule has 0 saturated heterocycles. The Morgan fingerprint density at radius 1 is 1.16 bits per heavy atom. The number of nitrogens with zero attached hydrogens (tertiary/aromatic N) is 1. The number of hydrogen-bond donors (Lipinski definition) is 2. The van der Waals surface area contributed by atoms with Crippen molar-refractivity contribution in [1.29, 1.82) is 0 Å². The molecular weight excluding hydrogens is 242 g/mol. The quantitative estimate of drug-likeness (QED) is 0.778. The van der Waals surface area contributed by atoms with Crippen molar-refractivity contribution in [1.82, 2.24) is 4.98 Å². The van der Waals surface area contributed by atoms with Crippen molar-refractivity contribution < 1.29 is 9.47 Å². The first kappa shape index (κ1) is 13.0. The van der Waals surface area contributed by atoms with Crippen LogP contribution in [0.25, 0.3) is 0 Å². The van der Waals surface area contributed by atoms with Gasteiger partial charge in [0.15, 0.2) is 0 Å². The number of nitrogens with one attached hydrogen (secondary N) is 1. The molecule has 1 aromatic heterocycles. The number of pyridine rings is 1. The molecule has 0 radical (unpaired) electrons. The summed E-state index contributed by atoms with van der Waals surface area (Å²) in [7, 11) is 1.54. The van der Waals surface area contributed by atoms with Crippen molar-refractivity contribution in [3.63, 3.8) is 0 Å². The molecular formula is C14H17N3O2. The summed E-state index contributed by atoms with van der Waals surface area (Å²) in [4.78, 5) is 4.22. The van der Waals surface area contributed by atoms with Crippen LogP contribution in [0, 0.1) is 0 Å². The maximum atomic E-state index is 5.69. The van der Waals surface area contributed by atoms with Gasteiger partial charge in [0.2, 0.25) is 5.88 Å². The lowest BCUT2D eigenvalue weighted by molar-refractivity contribution is 0.332. The number of ether oxygens (including phenoxy) is 2. The highest BCUT2D eigenvalue weighted by Crippen LogP contribution is 2.19. The molecule has 0 atom stereocenters. The van der Waals surface area contributed by atoms with Crippen LogP contribution in [0.5, 0.6) is 11.6 Å². The van der Waals surface area contributed by atoms with Gasteiger partial charge in [-0.2, -0.15) is 4.98 Å². The summed E-state index contributed by atoms with van der Waals surface area (Å²) in [6.07, 6.45) is 0. The van der Waals surface area contributed by atoms with Crippen LogP contribution in [-0.4, -0.2) is 25.2 Å². The van der Waals surface area contributed by atoms with Gasteiger partial charge in [-0.25, -0.2) is 0 Å². The number of hydrogen-bond acceptors (Lipinski definition) is 5. The van der Waals surface area contributed by atoms with Gasteiger partial charge in [0, 0.05) is 0 Å². The highest BCUT2D eigenvalue weighted by Gasteiger charge is 2.02. The van der Waals surface area contributed by atoms with Gasteiger partial charge in [-0.15, -0.1) is 0 Å². The summed E-state index contributed by atoms with van der Waals surface area (Å²) >= 11 is 0. The number of para-hydroxylation sites is 1. The fourth-order valence-electron chi connectivity index (χ4n) is 1.58. The molecule has 5 nitrogen and oxygen atoms in total. The zero-order valence-corrected chi connectivity index (χ0v) is 10.8. The van der Waals surface area contributed by atoms with Gasteiger partial charge < -0.3 is 20.5 Å². The summed E-state index contributed by atoms with van der Waals surface area (Å²) in [5.41, 5.74) is 6.21. The molecule has 0 aliphatic heterocycles. The van der Waals surface area contributed by atoms with Gasteiger partial charge >= 0.3 is 0 Å². The fourth-order valence-corrected chi connectivity index (χ4v) is 1.58. The molecule has 1 aromatic carbocycles. The number of nitrogens with two attached hydrogens (primary N) is 1. The van der Waals surface area contributed by atoms with Crippen LogP contribution in [0.1, 0.15) is 0 Å². The summed E-state index contributed by atoms with van der Waals surface area (Å²) in [5.74, 6) is 1.99. The summed E-state index contributed by atoms with van der Waals surface area (Å²) < 4.78 is 10.6. The molecule has 0 aliphatic rings. The fraction of sp³-hybridized carbons (Fsp3) is 0.214. The normalized spacial score (nSPS) is 9.95. The van der Waals surface area contributed by atoms with Crippen molar-refractivity contribution in [2.24, 2.45) is 0 Å². The van der Waals surface area contributed by atoms with Crippen LogP contribution in [0.2, 0.25) is 0 Å². The second kappa shape index (κ2) is 6.49. The molecule has 5 heteroatoms. The van der Waals surface area contributed by atoms with Crippen LogP contribution >= 0.6 is 0 Å². The van der Waals surface area contributed by atoms with E-state index >= 15 is 0 Å². The Morgan fingerprint density at radius 3 is 2.68 bits per heavy atom. The van der Waals surface area contributed by atoms with Crippen LogP contribution in [0.3, 0.4) is 0 Å². The first-order valence-corrected chi connectivity index (χ1v) is 6.02. The van der Waals surface area contributed by atoms with Crippen LogP contribution in [0.4, 0.5) is 11.5 Å². The zero-order chi connectivity index (χ0) is 13.5. The average Bonchev–Trinajstić information content (AvgIpc) is 2.46. The molecule has 100 valence electrons. The van der Waals surface area contributed by atoms with Crippen molar-refractivity contribution in [2.45, 2.75) is 0 Å². The third-order valence-corrected chi connectivity index (χ3v) is 2.50. The maximum Gasteiger partial charge on any atom is 0.238 e. The lowest BCUT2D eigenvalue weighted by Gasteiger charge is -2.09. The minimum absolute atomic E-state index is 0.425. The molecule has 0 amide bonds. The van der Waals surface area contributed by atoms with E-state index in [0.29, 0.717) is 30.5 Å². The van der Waals surface area contributed by atoms with Crippen LogP contribution < -0.4 is 20.5 Å². The van der Waals surface area contributed by atoms with E-state index in [1.54, 1.807) is 19.2 Å².